The Balaban J connectivity index is 0.892. The molecule has 0 aliphatic carbocycles. The van der Waals surface area contributed by atoms with Crippen LogP contribution in [0.25, 0.3) is 203 Å². The first-order valence-corrected chi connectivity index (χ1v) is 37.3. The highest BCUT2D eigenvalue weighted by Crippen LogP contribution is 2.48. The number of hydrogen-bond donors (Lipinski definition) is 0. The number of hydrogen-bond acceptors (Lipinski definition) is 12. The maximum Gasteiger partial charge on any atom is 0.418 e. The second-order valence-corrected chi connectivity index (χ2v) is 27.7. The second kappa shape index (κ2) is 28.9. The lowest BCUT2D eigenvalue weighted by Gasteiger charge is -2.23. The molecule has 0 amide bonds. The Morgan fingerprint density at radius 3 is 0.621 bits per heavy atom. The SMILES string of the molecule is Fc1cccc(F)c1-c1cc(-n2c3cc(-c4nc(-c5ccccc5)nc(-c5ccccc5)n4)ccc3c3ccc(-c4nc(-c5ccccc5)nc(-c5ccccc5)n4)cc32)c(C(F)(F)F)cc1-n1c2cc(-c3nc(-c4ccccc4)nc(-c4ccccc4)n3)ccc2c2ccc(-c3nc(-c4ccccc4)nc(-c4ccccc4)n3)cc21. The molecule has 0 unspecified atom stereocenters. The van der Waals surface area contributed by atoms with Gasteiger partial charge in [-0.25, -0.2) is 68.6 Å². The lowest BCUT2D eigenvalue weighted by atomic mass is 9.97. The molecule has 14 nitrogen and oxygen atoms in total. The van der Waals surface area contributed by atoms with Gasteiger partial charge in [0.05, 0.1) is 44.6 Å². The molecule has 19 heteroatoms. The van der Waals surface area contributed by atoms with E-state index in [2.05, 4.69) is 0 Å². The number of nitrogens with zero attached hydrogens (tertiary/aromatic N) is 14. The van der Waals surface area contributed by atoms with Gasteiger partial charge in [-0.1, -0.05) is 297 Å². The molecule has 0 atom stereocenters. The van der Waals surface area contributed by atoms with Crippen LogP contribution in [0.3, 0.4) is 0 Å². The van der Waals surface area contributed by atoms with E-state index in [1.807, 2.05) is 291 Å². The first-order chi connectivity index (χ1) is 56.9. The van der Waals surface area contributed by atoms with Gasteiger partial charge in [0.1, 0.15) is 11.6 Å². The molecule has 116 heavy (non-hydrogen) atoms. The van der Waals surface area contributed by atoms with Crippen LogP contribution in [-0.4, -0.2) is 68.9 Å². The Labute approximate surface area is 659 Å². The number of aromatic nitrogens is 14. The quantitative estimate of drug-likeness (QED) is 0.0894. The first kappa shape index (κ1) is 69.6. The fourth-order valence-electron chi connectivity index (χ4n) is 15.0. The summed E-state index contributed by atoms with van der Waals surface area (Å²) in [4.78, 5) is 60.6. The third-order valence-electron chi connectivity index (χ3n) is 20.5. The zero-order chi connectivity index (χ0) is 78.0. The van der Waals surface area contributed by atoms with E-state index in [1.54, 1.807) is 28.8 Å². The van der Waals surface area contributed by atoms with Crippen LogP contribution in [0.1, 0.15) is 5.56 Å². The summed E-state index contributed by atoms with van der Waals surface area (Å²) in [6.07, 6.45) is -5.24. The summed E-state index contributed by atoms with van der Waals surface area (Å²) in [6.45, 7) is 0. The highest BCUT2D eigenvalue weighted by molar-refractivity contribution is 6.13. The van der Waals surface area contributed by atoms with Crippen LogP contribution in [0.15, 0.2) is 346 Å². The molecule has 0 bridgehead atoms. The van der Waals surface area contributed by atoms with Crippen LogP contribution in [0.4, 0.5) is 22.0 Å². The zero-order valence-electron chi connectivity index (χ0n) is 61.1. The normalized spacial score (nSPS) is 11.7. The summed E-state index contributed by atoms with van der Waals surface area (Å²) < 4.78 is 92.7. The molecule has 20 rings (SSSR count). The monoisotopic (exact) mass is 1510 g/mol. The van der Waals surface area contributed by atoms with Crippen molar-refractivity contribution in [2.75, 3.05) is 0 Å². The number of alkyl halides is 3. The van der Waals surface area contributed by atoms with Crippen molar-refractivity contribution in [2.24, 2.45) is 0 Å². The molecule has 6 heterocycles. The molecule has 0 aliphatic rings. The van der Waals surface area contributed by atoms with Crippen molar-refractivity contribution in [3.63, 3.8) is 0 Å². The van der Waals surface area contributed by atoms with Gasteiger partial charge in [-0.15, -0.1) is 0 Å². The van der Waals surface area contributed by atoms with Gasteiger partial charge in [-0.3, -0.25) is 0 Å². The van der Waals surface area contributed by atoms with Crippen LogP contribution in [0.5, 0.6) is 0 Å². The average molecular weight is 1510 g/mol. The van der Waals surface area contributed by atoms with E-state index in [9.17, 15) is 0 Å². The largest absolute Gasteiger partial charge is 0.418 e. The number of fused-ring (bicyclic) bond motifs is 6. The van der Waals surface area contributed by atoms with E-state index < -0.39 is 34.6 Å². The van der Waals surface area contributed by atoms with E-state index in [1.165, 1.54) is 16.7 Å². The standard InChI is InChI=1S/C97H57F5N14/c98-76-42-25-43-77(99)84(76)74-56-83(116-80-54-68(95-111-89(62-34-17-5-18-35-62)105-90(112-95)63-36-19-6-20-37-63)46-50-72(80)73-51-47-69(55-81(73)116)96-113-91(64-38-21-7-22-39-64)106-92(114-96)65-40-23-8-24-41-65)75(97(100,101)102)57-82(74)115-78-52-66(93-107-85(58-26-9-1-10-27-58)103-86(108-93)59-28-11-2-12-29-59)44-48-70(78)71-49-45-67(53-79(71)115)94-109-87(60-30-13-3-14-31-60)104-88(110-94)61-32-15-4-16-33-61/h1-57H. The molecule has 0 saturated carbocycles. The van der Waals surface area contributed by atoms with E-state index in [0.29, 0.717) is 146 Å². The van der Waals surface area contributed by atoms with Gasteiger partial charge in [-0.2, -0.15) is 13.2 Å². The molecule has 6 aromatic heterocycles. The fourth-order valence-corrected chi connectivity index (χ4v) is 15.0. The van der Waals surface area contributed by atoms with Crippen molar-refractivity contribution in [1.82, 2.24) is 68.9 Å². The van der Waals surface area contributed by atoms with Gasteiger partial charge >= 0.3 is 6.18 Å². The Bertz CT molecular complexity index is 6570. The van der Waals surface area contributed by atoms with E-state index in [4.69, 9.17) is 59.8 Å². The smallest absolute Gasteiger partial charge is 0.309 e. The van der Waals surface area contributed by atoms with E-state index >= 15 is 22.0 Å². The Morgan fingerprint density at radius 1 is 0.198 bits per heavy atom. The highest BCUT2D eigenvalue weighted by Gasteiger charge is 2.38. The Hall–Kier alpha value is -15.6. The van der Waals surface area contributed by atoms with E-state index in [-0.39, 0.29) is 45.6 Å². The molecule has 14 aromatic carbocycles. The maximum atomic E-state index is 17.9. The van der Waals surface area contributed by atoms with Gasteiger partial charge < -0.3 is 9.13 Å². The fraction of sp³-hybridized carbons (Fsp3) is 0.0103. The molecule has 0 saturated heterocycles. The summed E-state index contributed by atoms with van der Waals surface area (Å²) in [6, 6.07) is 103. The predicted molar refractivity (Wildman–Crippen MR) is 444 cm³/mol. The number of benzene rings is 14. The lowest BCUT2D eigenvalue weighted by molar-refractivity contribution is -0.137. The van der Waals surface area contributed by atoms with Crippen molar-refractivity contribution in [2.45, 2.75) is 6.18 Å². The van der Waals surface area contributed by atoms with Gasteiger partial charge in [0.15, 0.2) is 69.9 Å². The molecular formula is C97H57F5N14. The molecule has 0 fully saturated rings. The van der Waals surface area contributed by atoms with Gasteiger partial charge in [0.25, 0.3) is 0 Å². The number of rotatable bonds is 15. The minimum Gasteiger partial charge on any atom is -0.309 e. The predicted octanol–water partition coefficient (Wildman–Crippen LogP) is 23.6. The topological polar surface area (TPSA) is 165 Å². The highest BCUT2D eigenvalue weighted by atomic mass is 19.4. The van der Waals surface area contributed by atoms with Crippen molar-refractivity contribution in [3.8, 4) is 159 Å². The summed E-state index contributed by atoms with van der Waals surface area (Å²) >= 11 is 0. The zero-order valence-corrected chi connectivity index (χ0v) is 61.1. The third-order valence-corrected chi connectivity index (χ3v) is 20.5. The van der Waals surface area contributed by atoms with Crippen LogP contribution >= 0.6 is 0 Å². The lowest BCUT2D eigenvalue weighted by Crippen LogP contribution is -2.14. The minimum absolute atomic E-state index is 0.212. The number of halogens is 5. The van der Waals surface area contributed by atoms with Crippen LogP contribution in [0, 0.1) is 11.6 Å². The molecular weight excluding hydrogens is 1460 g/mol. The summed E-state index contributed by atoms with van der Waals surface area (Å²) in [5.41, 5.74) is 5.60. The Morgan fingerprint density at radius 2 is 0.405 bits per heavy atom. The van der Waals surface area contributed by atoms with Crippen LogP contribution in [-0.2, 0) is 6.18 Å². The molecule has 0 N–H and O–H groups in total. The van der Waals surface area contributed by atoms with Gasteiger partial charge in [-0.05, 0) is 48.5 Å². The summed E-state index contributed by atoms with van der Waals surface area (Å²) in [5, 5.41) is 2.12. The second-order valence-electron chi connectivity index (χ2n) is 27.7. The van der Waals surface area contributed by atoms with Crippen molar-refractivity contribution < 1.29 is 22.0 Å². The molecule has 0 radical (unpaired) electrons. The minimum atomic E-state index is -5.24. The first-order valence-electron chi connectivity index (χ1n) is 37.3. The summed E-state index contributed by atoms with van der Waals surface area (Å²) in [7, 11) is 0. The third kappa shape index (κ3) is 12.9. The maximum absolute atomic E-state index is 17.9. The average Bonchev–Trinajstić information content (AvgIpc) is 1.54. The van der Waals surface area contributed by atoms with Gasteiger partial charge in [0.2, 0.25) is 0 Å². The molecule has 0 aliphatic heterocycles. The molecule has 550 valence electrons. The summed E-state index contributed by atoms with van der Waals surface area (Å²) in [5.74, 6) is 1.61. The van der Waals surface area contributed by atoms with Crippen LogP contribution < -0.4 is 0 Å². The Kier molecular flexibility index (Phi) is 17.3. The molecule has 20 aromatic rings. The van der Waals surface area contributed by atoms with Crippen molar-refractivity contribution in [1.29, 1.82) is 0 Å². The van der Waals surface area contributed by atoms with E-state index in [0.717, 1.165) is 18.2 Å². The van der Waals surface area contributed by atoms with Crippen molar-refractivity contribution >= 4 is 43.6 Å². The molecule has 0 spiro atoms. The van der Waals surface area contributed by atoms with Crippen LogP contribution in [0.2, 0.25) is 0 Å². The van der Waals surface area contributed by atoms with Gasteiger partial charge in [0, 0.05) is 93.9 Å². The van der Waals surface area contributed by atoms with Crippen molar-refractivity contribution in [3.05, 3.63) is 363 Å².